The molecule has 1 aliphatic rings. The number of hydrogen-bond acceptors (Lipinski definition) is 3. The lowest BCUT2D eigenvalue weighted by molar-refractivity contribution is -0.131. The third-order valence-corrected chi connectivity index (χ3v) is 4.66. The normalized spacial score (nSPS) is 20.7. The highest BCUT2D eigenvalue weighted by molar-refractivity contribution is 5.77. The van der Waals surface area contributed by atoms with E-state index in [0.29, 0.717) is 24.8 Å². The molecule has 23 heavy (non-hydrogen) atoms. The van der Waals surface area contributed by atoms with Crippen molar-refractivity contribution in [1.29, 1.82) is 0 Å². The monoisotopic (exact) mass is 309 g/mol. The Morgan fingerprint density at radius 3 is 2.74 bits per heavy atom. The molecule has 1 fully saturated rings. The van der Waals surface area contributed by atoms with Crippen molar-refractivity contribution >= 4 is 5.91 Å². The maximum absolute atomic E-state index is 12.5. The molecule has 2 heterocycles. The van der Waals surface area contributed by atoms with Gasteiger partial charge in [0.05, 0.1) is 5.69 Å². The van der Waals surface area contributed by atoms with Gasteiger partial charge >= 0.3 is 0 Å². The van der Waals surface area contributed by atoms with E-state index in [9.17, 15) is 4.79 Å². The van der Waals surface area contributed by atoms with Crippen LogP contribution in [-0.4, -0.2) is 33.4 Å². The smallest absolute Gasteiger partial charge is 0.223 e. The van der Waals surface area contributed by atoms with Crippen LogP contribution in [0.2, 0.25) is 0 Å². The molecule has 2 atom stereocenters. The fraction of sp³-hybridized carbons (Fsp3) is 0.421. The Balaban J connectivity index is 1.59. The minimum Gasteiger partial charge on any atom is -0.339 e. The van der Waals surface area contributed by atoms with Gasteiger partial charge in [0.1, 0.15) is 0 Å². The Morgan fingerprint density at radius 1 is 1.26 bits per heavy atom. The summed E-state index contributed by atoms with van der Waals surface area (Å²) in [5.41, 5.74) is 3.49. The van der Waals surface area contributed by atoms with Gasteiger partial charge in [-0.2, -0.15) is 0 Å². The average molecular weight is 309 g/mol. The second-order valence-corrected chi connectivity index (χ2v) is 6.44. The second kappa shape index (κ2) is 6.90. The summed E-state index contributed by atoms with van der Waals surface area (Å²) in [7, 11) is 0. The van der Waals surface area contributed by atoms with Crippen molar-refractivity contribution < 1.29 is 4.79 Å². The van der Waals surface area contributed by atoms with Crippen molar-refractivity contribution in [2.75, 3.05) is 6.54 Å². The molecule has 0 aliphatic carbocycles. The van der Waals surface area contributed by atoms with Gasteiger partial charge in [-0.25, -0.2) is 0 Å². The summed E-state index contributed by atoms with van der Waals surface area (Å²) in [4.78, 5) is 22.8. The molecule has 0 spiro atoms. The van der Waals surface area contributed by atoms with Gasteiger partial charge < -0.3 is 4.90 Å². The predicted molar refractivity (Wildman–Crippen MR) is 90.1 cm³/mol. The van der Waals surface area contributed by atoms with Crippen LogP contribution in [0.15, 0.2) is 42.9 Å². The highest BCUT2D eigenvalue weighted by Crippen LogP contribution is 2.32. The molecule has 0 bridgehead atoms. The third-order valence-electron chi connectivity index (χ3n) is 4.66. The molecule has 0 saturated carbocycles. The minimum atomic E-state index is 0.220. The second-order valence-electron chi connectivity index (χ2n) is 6.44. The Morgan fingerprint density at radius 2 is 2.04 bits per heavy atom. The molecule has 1 saturated heterocycles. The topological polar surface area (TPSA) is 46.1 Å². The van der Waals surface area contributed by atoms with E-state index in [-0.39, 0.29) is 5.91 Å². The Hall–Kier alpha value is -2.23. The summed E-state index contributed by atoms with van der Waals surface area (Å²) in [5, 5.41) is 0. The molecule has 2 aromatic rings. The van der Waals surface area contributed by atoms with Gasteiger partial charge in [0, 0.05) is 43.5 Å². The van der Waals surface area contributed by atoms with Gasteiger partial charge in [0.2, 0.25) is 5.91 Å². The number of aromatic nitrogens is 2. The van der Waals surface area contributed by atoms with E-state index < -0.39 is 0 Å². The zero-order chi connectivity index (χ0) is 16.2. The van der Waals surface area contributed by atoms with Gasteiger partial charge in [-0.05, 0) is 32.3 Å². The highest BCUT2D eigenvalue weighted by atomic mass is 16.2. The first-order valence-electron chi connectivity index (χ1n) is 8.24. The molecule has 120 valence electrons. The Bertz CT molecular complexity index is 654. The van der Waals surface area contributed by atoms with Crippen molar-refractivity contribution in [3.63, 3.8) is 0 Å². The molecule has 1 aromatic heterocycles. The minimum absolute atomic E-state index is 0.220. The summed E-state index contributed by atoms with van der Waals surface area (Å²) >= 11 is 0. The summed E-state index contributed by atoms with van der Waals surface area (Å²) in [6.07, 6.45) is 7.26. The number of carbonyl (C=O) groups excluding carboxylic acids is 1. The largest absolute Gasteiger partial charge is 0.339 e. The summed E-state index contributed by atoms with van der Waals surface area (Å²) in [6, 6.07) is 8.99. The van der Waals surface area contributed by atoms with Gasteiger partial charge in [-0.3, -0.25) is 14.8 Å². The highest BCUT2D eigenvalue weighted by Gasteiger charge is 2.32. The Kier molecular flexibility index (Phi) is 4.70. The molecule has 0 radical (unpaired) electrons. The maximum atomic E-state index is 12.5. The quantitative estimate of drug-likeness (QED) is 0.871. The number of benzene rings is 1. The molecule has 3 rings (SSSR count). The van der Waals surface area contributed by atoms with Crippen LogP contribution >= 0.6 is 0 Å². The molecule has 4 heteroatoms. The van der Waals surface area contributed by atoms with E-state index >= 15 is 0 Å². The van der Waals surface area contributed by atoms with Gasteiger partial charge in [-0.1, -0.05) is 29.8 Å². The lowest BCUT2D eigenvalue weighted by Crippen LogP contribution is -2.34. The third kappa shape index (κ3) is 3.76. The van der Waals surface area contributed by atoms with Crippen LogP contribution in [0.25, 0.3) is 0 Å². The van der Waals surface area contributed by atoms with E-state index in [1.165, 1.54) is 11.1 Å². The molecule has 1 amide bonds. The predicted octanol–water partition coefficient (Wildman–Crippen LogP) is 3.12. The van der Waals surface area contributed by atoms with Crippen molar-refractivity contribution in [3.05, 3.63) is 59.7 Å². The standard InChI is InChI=1S/C19H23N3O/c1-14-3-5-16(6-4-14)17-11-15(2)22(13-17)19(23)8-7-18-12-20-9-10-21-18/h3-6,9-10,12,15,17H,7-8,11,13H2,1-2H3/t15-,17-/m1/s1. The maximum Gasteiger partial charge on any atom is 0.223 e. The molecular weight excluding hydrogens is 286 g/mol. The summed E-state index contributed by atoms with van der Waals surface area (Å²) < 4.78 is 0. The first-order chi connectivity index (χ1) is 11.1. The lowest BCUT2D eigenvalue weighted by Gasteiger charge is -2.21. The van der Waals surface area contributed by atoms with Crippen LogP contribution in [-0.2, 0) is 11.2 Å². The number of carbonyl (C=O) groups is 1. The number of likely N-dealkylation sites (tertiary alicyclic amines) is 1. The first kappa shape index (κ1) is 15.7. The van der Waals surface area contributed by atoms with Crippen molar-refractivity contribution in [2.24, 2.45) is 0 Å². The van der Waals surface area contributed by atoms with E-state index in [1.54, 1.807) is 18.6 Å². The average Bonchev–Trinajstić information content (AvgIpc) is 2.96. The Labute approximate surface area is 137 Å². The van der Waals surface area contributed by atoms with E-state index in [1.807, 2.05) is 4.90 Å². The fourth-order valence-corrected chi connectivity index (χ4v) is 3.30. The van der Waals surface area contributed by atoms with Crippen LogP contribution in [0.3, 0.4) is 0 Å². The van der Waals surface area contributed by atoms with E-state index in [2.05, 4.69) is 48.1 Å². The zero-order valence-electron chi connectivity index (χ0n) is 13.8. The van der Waals surface area contributed by atoms with Gasteiger partial charge in [0.25, 0.3) is 0 Å². The van der Waals surface area contributed by atoms with Crippen molar-refractivity contribution in [1.82, 2.24) is 14.9 Å². The van der Waals surface area contributed by atoms with Crippen LogP contribution in [0, 0.1) is 6.92 Å². The number of nitrogens with zero attached hydrogens (tertiary/aromatic N) is 3. The summed E-state index contributed by atoms with van der Waals surface area (Å²) in [5.74, 6) is 0.670. The van der Waals surface area contributed by atoms with Crippen LogP contribution < -0.4 is 0 Å². The number of hydrogen-bond donors (Lipinski definition) is 0. The van der Waals surface area contributed by atoms with Crippen LogP contribution in [0.4, 0.5) is 0 Å². The fourth-order valence-electron chi connectivity index (χ4n) is 3.30. The van der Waals surface area contributed by atoms with Crippen LogP contribution in [0.1, 0.15) is 42.5 Å². The molecule has 4 nitrogen and oxygen atoms in total. The number of amides is 1. The molecule has 1 aliphatic heterocycles. The van der Waals surface area contributed by atoms with Gasteiger partial charge in [-0.15, -0.1) is 0 Å². The van der Waals surface area contributed by atoms with E-state index in [0.717, 1.165) is 18.7 Å². The van der Waals surface area contributed by atoms with E-state index in [4.69, 9.17) is 0 Å². The zero-order valence-corrected chi connectivity index (χ0v) is 13.8. The van der Waals surface area contributed by atoms with Crippen molar-refractivity contribution in [3.8, 4) is 0 Å². The lowest BCUT2D eigenvalue weighted by atomic mass is 9.96. The number of aryl methyl sites for hydroxylation is 2. The molecule has 0 unspecified atom stereocenters. The first-order valence-corrected chi connectivity index (χ1v) is 8.24. The van der Waals surface area contributed by atoms with Gasteiger partial charge in [0.15, 0.2) is 0 Å². The molecule has 0 N–H and O–H groups in total. The SMILES string of the molecule is Cc1ccc([C@@H]2C[C@@H](C)N(C(=O)CCc3cnccn3)C2)cc1. The molecule has 1 aromatic carbocycles. The molecular formula is C19H23N3O. The van der Waals surface area contributed by atoms with Crippen LogP contribution in [0.5, 0.6) is 0 Å². The summed E-state index contributed by atoms with van der Waals surface area (Å²) in [6.45, 7) is 5.07. The van der Waals surface area contributed by atoms with Crippen molar-refractivity contribution in [2.45, 2.75) is 45.1 Å². The number of rotatable bonds is 4.